The van der Waals surface area contributed by atoms with Crippen LogP contribution in [-0.4, -0.2) is 42.8 Å². The number of aliphatic carboxylic acids is 1. The highest BCUT2D eigenvalue weighted by Gasteiger charge is 2.40. The Balaban J connectivity index is 1.26. The molecule has 0 heterocycles. The summed E-state index contributed by atoms with van der Waals surface area (Å²) < 4.78 is 5.51. The van der Waals surface area contributed by atoms with E-state index < -0.39 is 23.4 Å². The molecule has 0 aromatic heterocycles. The molecular formula is C27H32N2O5. The summed E-state index contributed by atoms with van der Waals surface area (Å²) >= 11 is 0. The van der Waals surface area contributed by atoms with Crippen LogP contribution in [0, 0.1) is 11.3 Å². The van der Waals surface area contributed by atoms with Gasteiger partial charge in [0, 0.05) is 19.0 Å². The van der Waals surface area contributed by atoms with E-state index >= 15 is 0 Å². The largest absolute Gasteiger partial charge is 0.481 e. The predicted octanol–water partition coefficient (Wildman–Crippen LogP) is 4.31. The van der Waals surface area contributed by atoms with Crippen LogP contribution < -0.4 is 10.6 Å². The molecule has 0 spiro atoms. The van der Waals surface area contributed by atoms with Gasteiger partial charge < -0.3 is 20.5 Å². The van der Waals surface area contributed by atoms with Crippen molar-refractivity contribution in [1.29, 1.82) is 0 Å². The molecule has 180 valence electrons. The van der Waals surface area contributed by atoms with Gasteiger partial charge in [0.05, 0.1) is 11.3 Å². The van der Waals surface area contributed by atoms with Crippen molar-refractivity contribution in [3.63, 3.8) is 0 Å². The number of amides is 2. The van der Waals surface area contributed by atoms with Crippen LogP contribution in [0.1, 0.15) is 56.1 Å². The molecule has 7 nitrogen and oxygen atoms in total. The molecule has 1 saturated carbocycles. The second kappa shape index (κ2) is 10.3. The van der Waals surface area contributed by atoms with Crippen LogP contribution in [0.25, 0.3) is 11.1 Å². The molecule has 4 rings (SSSR count). The Morgan fingerprint density at radius 2 is 1.56 bits per heavy atom. The fourth-order valence-electron chi connectivity index (χ4n) is 5.10. The fourth-order valence-corrected chi connectivity index (χ4v) is 5.10. The topological polar surface area (TPSA) is 105 Å². The Bertz CT molecular complexity index is 1010. The zero-order valence-electron chi connectivity index (χ0n) is 19.5. The number of hydrogen-bond donors (Lipinski definition) is 3. The normalized spacial score (nSPS) is 17.2. The highest BCUT2D eigenvalue weighted by Crippen LogP contribution is 2.44. The molecule has 1 fully saturated rings. The van der Waals surface area contributed by atoms with Gasteiger partial charge in [-0.2, -0.15) is 0 Å². The third-order valence-corrected chi connectivity index (χ3v) is 7.21. The first-order valence-electron chi connectivity index (χ1n) is 12.0. The summed E-state index contributed by atoms with van der Waals surface area (Å²) in [5, 5.41) is 15.1. The summed E-state index contributed by atoms with van der Waals surface area (Å²) in [7, 11) is 0. The van der Waals surface area contributed by atoms with Crippen LogP contribution in [0.2, 0.25) is 0 Å². The Morgan fingerprint density at radius 3 is 2.15 bits per heavy atom. The number of carboxylic acids is 1. The van der Waals surface area contributed by atoms with E-state index in [1.54, 1.807) is 6.92 Å². The maximum absolute atomic E-state index is 12.5. The van der Waals surface area contributed by atoms with Gasteiger partial charge in [0.2, 0.25) is 5.91 Å². The van der Waals surface area contributed by atoms with E-state index in [4.69, 9.17) is 4.74 Å². The second-order valence-corrected chi connectivity index (χ2v) is 9.47. The molecule has 2 aromatic carbocycles. The van der Waals surface area contributed by atoms with E-state index in [9.17, 15) is 19.5 Å². The molecule has 2 amide bonds. The van der Waals surface area contributed by atoms with Crippen molar-refractivity contribution in [3.8, 4) is 11.1 Å². The van der Waals surface area contributed by atoms with Gasteiger partial charge in [0.15, 0.2) is 0 Å². The average Bonchev–Trinajstić information content (AvgIpc) is 3.18. The minimum atomic E-state index is -0.881. The van der Waals surface area contributed by atoms with E-state index in [0.717, 1.165) is 41.5 Å². The summed E-state index contributed by atoms with van der Waals surface area (Å²) in [5.41, 5.74) is 3.72. The Labute approximate surface area is 199 Å². The minimum absolute atomic E-state index is 0.0263. The first kappa shape index (κ1) is 23.8. The molecule has 0 radical (unpaired) electrons. The Kier molecular flexibility index (Phi) is 7.20. The number of carbonyl (C=O) groups is 3. The van der Waals surface area contributed by atoms with Gasteiger partial charge in [-0.15, -0.1) is 0 Å². The van der Waals surface area contributed by atoms with E-state index in [1.165, 1.54) is 0 Å². The van der Waals surface area contributed by atoms with Crippen molar-refractivity contribution in [1.82, 2.24) is 10.6 Å². The van der Waals surface area contributed by atoms with Crippen LogP contribution in [0.4, 0.5) is 4.79 Å². The number of carbonyl (C=O) groups excluding carboxylic acids is 2. The SMILES string of the molecule is CC(CNC(=O)OCC1c2ccccc2-c2ccccc21)C(=O)NCC1(C(=O)O)CCCCC1. The van der Waals surface area contributed by atoms with Gasteiger partial charge in [-0.05, 0) is 35.1 Å². The highest BCUT2D eigenvalue weighted by atomic mass is 16.5. The van der Waals surface area contributed by atoms with Crippen molar-refractivity contribution in [2.75, 3.05) is 19.7 Å². The van der Waals surface area contributed by atoms with Gasteiger partial charge in [-0.3, -0.25) is 9.59 Å². The van der Waals surface area contributed by atoms with Crippen LogP contribution in [0.5, 0.6) is 0 Å². The van der Waals surface area contributed by atoms with Gasteiger partial charge in [0.1, 0.15) is 6.61 Å². The zero-order valence-corrected chi connectivity index (χ0v) is 19.5. The van der Waals surface area contributed by atoms with Crippen LogP contribution in [0.15, 0.2) is 48.5 Å². The van der Waals surface area contributed by atoms with E-state index in [0.29, 0.717) is 12.8 Å². The smallest absolute Gasteiger partial charge is 0.407 e. The van der Waals surface area contributed by atoms with Gasteiger partial charge in [-0.25, -0.2) is 4.79 Å². The van der Waals surface area contributed by atoms with Crippen molar-refractivity contribution < 1.29 is 24.2 Å². The number of fused-ring (bicyclic) bond motifs is 3. The molecule has 1 atom stereocenters. The maximum Gasteiger partial charge on any atom is 0.407 e. The molecule has 0 aliphatic heterocycles. The summed E-state index contributed by atoms with van der Waals surface area (Å²) in [4.78, 5) is 36.6. The molecular weight excluding hydrogens is 432 g/mol. The molecule has 2 aliphatic rings. The number of rotatable bonds is 8. The Hall–Kier alpha value is -3.35. The quantitative estimate of drug-likeness (QED) is 0.540. The van der Waals surface area contributed by atoms with Crippen molar-refractivity contribution in [2.45, 2.75) is 44.9 Å². The maximum atomic E-state index is 12.5. The van der Waals surface area contributed by atoms with E-state index in [1.807, 2.05) is 24.3 Å². The highest BCUT2D eigenvalue weighted by molar-refractivity contribution is 5.81. The van der Waals surface area contributed by atoms with Crippen molar-refractivity contribution in [3.05, 3.63) is 59.7 Å². The first-order valence-corrected chi connectivity index (χ1v) is 12.0. The van der Waals surface area contributed by atoms with Gasteiger partial charge in [0.25, 0.3) is 0 Å². The average molecular weight is 465 g/mol. The standard InChI is InChI=1S/C27H32N2O5/c1-18(24(30)29-17-27(25(31)32)13-7-2-8-14-27)15-28-26(33)34-16-23-21-11-5-3-9-19(21)20-10-4-6-12-22(20)23/h3-6,9-12,18,23H,2,7-8,13-17H2,1H3,(H,28,33)(H,29,30)(H,31,32). The summed E-state index contributed by atoms with van der Waals surface area (Å²) in [6, 6.07) is 16.3. The van der Waals surface area contributed by atoms with Crippen LogP contribution in [-0.2, 0) is 14.3 Å². The molecule has 7 heteroatoms. The number of carboxylic acid groups (broad SMARTS) is 1. The van der Waals surface area contributed by atoms with Crippen molar-refractivity contribution in [2.24, 2.45) is 11.3 Å². The number of hydrogen-bond acceptors (Lipinski definition) is 4. The monoisotopic (exact) mass is 464 g/mol. The van der Waals surface area contributed by atoms with E-state index in [-0.39, 0.29) is 31.5 Å². The number of benzene rings is 2. The fraction of sp³-hybridized carbons (Fsp3) is 0.444. The summed E-state index contributed by atoms with van der Waals surface area (Å²) in [6.07, 6.45) is 3.34. The Morgan fingerprint density at radius 1 is 0.971 bits per heavy atom. The lowest BCUT2D eigenvalue weighted by Gasteiger charge is -2.33. The molecule has 0 bridgehead atoms. The number of ether oxygens (including phenoxy) is 1. The summed E-state index contributed by atoms with van der Waals surface area (Å²) in [5.74, 6) is -1.65. The predicted molar refractivity (Wildman–Crippen MR) is 128 cm³/mol. The first-order chi connectivity index (χ1) is 16.4. The lowest BCUT2D eigenvalue weighted by molar-refractivity contribution is -0.151. The molecule has 2 aromatic rings. The van der Waals surface area contributed by atoms with Crippen molar-refractivity contribution >= 4 is 18.0 Å². The number of nitrogens with one attached hydrogen (secondary N) is 2. The molecule has 0 saturated heterocycles. The lowest BCUT2D eigenvalue weighted by Crippen LogP contribution is -2.46. The van der Waals surface area contributed by atoms with Gasteiger partial charge in [-0.1, -0.05) is 74.7 Å². The molecule has 3 N–H and O–H groups in total. The third kappa shape index (κ3) is 4.93. The van der Waals surface area contributed by atoms with E-state index in [2.05, 4.69) is 34.9 Å². The zero-order chi connectivity index (χ0) is 24.1. The lowest BCUT2D eigenvalue weighted by atomic mass is 9.74. The van der Waals surface area contributed by atoms with Gasteiger partial charge >= 0.3 is 12.1 Å². The van der Waals surface area contributed by atoms with Crippen LogP contribution >= 0.6 is 0 Å². The van der Waals surface area contributed by atoms with Crippen LogP contribution in [0.3, 0.4) is 0 Å². The second-order valence-electron chi connectivity index (χ2n) is 9.47. The molecule has 2 aliphatic carbocycles. The third-order valence-electron chi connectivity index (χ3n) is 7.21. The minimum Gasteiger partial charge on any atom is -0.481 e. The number of alkyl carbamates (subject to hydrolysis) is 1. The molecule has 34 heavy (non-hydrogen) atoms. The molecule has 1 unspecified atom stereocenters. The summed E-state index contributed by atoms with van der Waals surface area (Å²) in [6.45, 7) is 2.15.